The lowest BCUT2D eigenvalue weighted by Crippen LogP contribution is -2.20. The van der Waals surface area contributed by atoms with Gasteiger partial charge < -0.3 is 9.25 Å². The van der Waals surface area contributed by atoms with Crippen LogP contribution >= 0.6 is 11.8 Å². The minimum atomic E-state index is -0.998. The van der Waals surface area contributed by atoms with E-state index in [1.807, 2.05) is 42.5 Å². The number of benzene rings is 3. The molecule has 0 aliphatic carbocycles. The van der Waals surface area contributed by atoms with Crippen LogP contribution in [0.4, 0.5) is 0 Å². The summed E-state index contributed by atoms with van der Waals surface area (Å²) in [6, 6.07) is 25.2. The van der Waals surface area contributed by atoms with E-state index in [1.54, 1.807) is 42.5 Å². The molecule has 37 heavy (non-hydrogen) atoms. The summed E-state index contributed by atoms with van der Waals surface area (Å²) in [4.78, 5) is 40.2. The fourth-order valence-corrected chi connectivity index (χ4v) is 4.49. The van der Waals surface area contributed by atoms with E-state index >= 15 is 0 Å². The van der Waals surface area contributed by atoms with Crippen molar-refractivity contribution in [1.82, 2.24) is 14.8 Å². The highest BCUT2D eigenvalue weighted by molar-refractivity contribution is 7.99. The first kappa shape index (κ1) is 23.9. The molecule has 0 aliphatic rings. The Morgan fingerprint density at radius 1 is 0.946 bits per heavy atom. The number of carbonyl (C=O) groups excluding carboxylic acids is 2. The molecular formula is C26H18N4O6S. The Hall–Kier alpha value is -4.77. The van der Waals surface area contributed by atoms with E-state index in [2.05, 4.69) is 15.0 Å². The zero-order chi connectivity index (χ0) is 25.8. The molecule has 3 aromatic carbocycles. The van der Waals surface area contributed by atoms with Crippen LogP contribution in [-0.4, -0.2) is 43.9 Å². The molecule has 11 heteroatoms. The molecule has 0 unspecified atom stereocenters. The van der Waals surface area contributed by atoms with Gasteiger partial charge in [-0.1, -0.05) is 72.4 Å². The van der Waals surface area contributed by atoms with Crippen LogP contribution in [-0.2, 0) is 4.84 Å². The molecule has 0 spiro atoms. The molecule has 0 bridgehead atoms. The Kier molecular flexibility index (Phi) is 6.77. The third-order valence-electron chi connectivity index (χ3n) is 5.49. The van der Waals surface area contributed by atoms with Crippen LogP contribution in [0.1, 0.15) is 15.2 Å². The van der Waals surface area contributed by atoms with Crippen molar-refractivity contribution in [1.29, 1.82) is 0 Å². The molecule has 184 valence electrons. The zero-order valence-electron chi connectivity index (χ0n) is 19.1. The van der Waals surface area contributed by atoms with Gasteiger partial charge in [0, 0.05) is 16.5 Å². The van der Waals surface area contributed by atoms with Crippen LogP contribution in [0.2, 0.25) is 0 Å². The van der Waals surface area contributed by atoms with E-state index < -0.39 is 17.6 Å². The largest absolute Gasteiger partial charge is 0.411 e. The van der Waals surface area contributed by atoms with Crippen molar-refractivity contribution in [3.05, 3.63) is 101 Å². The van der Waals surface area contributed by atoms with E-state index in [4.69, 9.17) is 4.42 Å². The number of carbonyl (C=O) groups is 2. The van der Waals surface area contributed by atoms with Gasteiger partial charge in [-0.2, -0.15) is 0 Å². The van der Waals surface area contributed by atoms with Crippen LogP contribution in [0, 0.1) is 10.1 Å². The van der Waals surface area contributed by atoms with E-state index in [0.717, 1.165) is 17.3 Å². The number of rotatable bonds is 9. The highest BCUT2D eigenvalue weighted by atomic mass is 32.2. The third-order valence-corrected chi connectivity index (χ3v) is 6.31. The number of Topliss-reactive ketones (excluding diaryl/α,β-unsaturated/α-hetero) is 1. The van der Waals surface area contributed by atoms with Crippen molar-refractivity contribution in [2.24, 2.45) is 0 Å². The molecule has 0 saturated carbocycles. The smallest absolute Gasteiger partial charge is 0.295 e. The maximum Gasteiger partial charge on any atom is 0.295 e. The molecular weight excluding hydrogens is 496 g/mol. The Labute approximate surface area is 214 Å². The fraction of sp³-hybridized carbons (Fsp3) is 0.0769. The van der Waals surface area contributed by atoms with E-state index in [9.17, 15) is 19.7 Å². The first-order valence-electron chi connectivity index (χ1n) is 11.1. The molecule has 2 aromatic heterocycles. The van der Waals surface area contributed by atoms with Crippen molar-refractivity contribution in [3.8, 4) is 22.7 Å². The summed E-state index contributed by atoms with van der Waals surface area (Å²) in [7, 11) is 0. The number of thioether (sulfide) groups is 1. The van der Waals surface area contributed by atoms with Gasteiger partial charge >= 0.3 is 0 Å². The SMILES string of the molecule is O=C(CSc1nnc(-c2ccc3c(c2)cc(-c2ccccc2)n3C(=O)CO[N+](=O)[O-])o1)c1ccccc1. The number of fused-ring (bicyclic) bond motifs is 1. The normalized spacial score (nSPS) is 10.9. The topological polar surface area (TPSA) is 130 Å². The second-order valence-corrected chi connectivity index (χ2v) is 8.77. The van der Waals surface area contributed by atoms with Gasteiger partial charge in [-0.05, 0) is 29.8 Å². The highest BCUT2D eigenvalue weighted by Crippen LogP contribution is 2.32. The van der Waals surface area contributed by atoms with Gasteiger partial charge in [0.05, 0.1) is 17.0 Å². The van der Waals surface area contributed by atoms with Crippen LogP contribution in [0.15, 0.2) is 94.6 Å². The average Bonchev–Trinajstić information content (AvgIpc) is 3.56. The van der Waals surface area contributed by atoms with Crippen molar-refractivity contribution in [3.63, 3.8) is 0 Å². The predicted octanol–water partition coefficient (Wildman–Crippen LogP) is 5.18. The molecule has 0 radical (unpaired) electrons. The van der Waals surface area contributed by atoms with Crippen LogP contribution in [0.25, 0.3) is 33.6 Å². The summed E-state index contributed by atoms with van der Waals surface area (Å²) in [6.45, 7) is -0.718. The van der Waals surface area contributed by atoms with Gasteiger partial charge in [0.1, 0.15) is 0 Å². The van der Waals surface area contributed by atoms with Gasteiger partial charge in [-0.3, -0.25) is 14.2 Å². The van der Waals surface area contributed by atoms with Crippen molar-refractivity contribution in [2.45, 2.75) is 5.22 Å². The van der Waals surface area contributed by atoms with Crippen LogP contribution in [0.5, 0.6) is 0 Å². The highest BCUT2D eigenvalue weighted by Gasteiger charge is 2.19. The number of ketones is 1. The summed E-state index contributed by atoms with van der Waals surface area (Å²) < 4.78 is 7.15. The molecule has 0 amide bonds. The zero-order valence-corrected chi connectivity index (χ0v) is 20.0. The summed E-state index contributed by atoms with van der Waals surface area (Å²) in [5, 5.41) is 18.7. The van der Waals surface area contributed by atoms with Crippen LogP contribution < -0.4 is 0 Å². The first-order chi connectivity index (χ1) is 18.0. The number of nitrogens with zero attached hydrogens (tertiary/aromatic N) is 4. The predicted molar refractivity (Wildman–Crippen MR) is 136 cm³/mol. The summed E-state index contributed by atoms with van der Waals surface area (Å²) in [5.74, 6) is -0.221. The van der Waals surface area contributed by atoms with Gasteiger partial charge in [0.2, 0.25) is 5.89 Å². The van der Waals surface area contributed by atoms with Crippen molar-refractivity contribution in [2.75, 3.05) is 12.4 Å². The minimum Gasteiger partial charge on any atom is -0.411 e. The molecule has 0 atom stereocenters. The first-order valence-corrected chi connectivity index (χ1v) is 12.0. The lowest BCUT2D eigenvalue weighted by Gasteiger charge is -2.09. The summed E-state index contributed by atoms with van der Waals surface area (Å²) in [5.41, 5.74) is 3.09. The van der Waals surface area contributed by atoms with Gasteiger partial charge in [0.25, 0.3) is 16.2 Å². The standard InChI is InChI=1S/C26H18N4O6S/c31-23(18-9-5-2-6-10-18)16-37-26-28-27-25(36-26)19-11-12-21-20(13-19)14-22(17-7-3-1-4-8-17)29(21)24(32)15-35-30(33)34/h1-14H,15-16H2. The van der Waals surface area contributed by atoms with Gasteiger partial charge in [-0.15, -0.1) is 20.3 Å². The number of hydrogen-bond donors (Lipinski definition) is 0. The van der Waals surface area contributed by atoms with Crippen molar-refractivity contribution >= 4 is 34.4 Å². The lowest BCUT2D eigenvalue weighted by atomic mass is 10.1. The lowest BCUT2D eigenvalue weighted by molar-refractivity contribution is -0.754. The number of hydrogen-bond acceptors (Lipinski definition) is 9. The quantitative estimate of drug-likeness (QED) is 0.113. The van der Waals surface area contributed by atoms with Crippen molar-refractivity contribution < 1.29 is 23.9 Å². The Morgan fingerprint density at radius 3 is 2.41 bits per heavy atom. The molecule has 2 heterocycles. The van der Waals surface area contributed by atoms with Crippen LogP contribution in [0.3, 0.4) is 0 Å². The Bertz CT molecular complexity index is 1600. The summed E-state index contributed by atoms with van der Waals surface area (Å²) >= 11 is 1.15. The third kappa shape index (κ3) is 5.26. The molecule has 5 rings (SSSR count). The monoisotopic (exact) mass is 514 g/mol. The van der Waals surface area contributed by atoms with Gasteiger partial charge in [-0.25, -0.2) is 0 Å². The second kappa shape index (κ2) is 10.5. The Morgan fingerprint density at radius 2 is 1.68 bits per heavy atom. The maximum atomic E-state index is 12.9. The molecule has 0 N–H and O–H groups in total. The molecule has 0 fully saturated rings. The fourth-order valence-electron chi connectivity index (χ4n) is 3.83. The van der Waals surface area contributed by atoms with Gasteiger partial charge in [0.15, 0.2) is 12.4 Å². The Balaban J connectivity index is 1.42. The average molecular weight is 515 g/mol. The maximum absolute atomic E-state index is 12.9. The molecule has 0 saturated heterocycles. The number of aromatic nitrogens is 3. The second-order valence-electron chi connectivity index (χ2n) is 7.85. The molecule has 0 aliphatic heterocycles. The van der Waals surface area contributed by atoms with E-state index in [1.165, 1.54) is 4.57 Å². The van der Waals surface area contributed by atoms with E-state index in [-0.39, 0.29) is 22.6 Å². The summed E-state index contributed by atoms with van der Waals surface area (Å²) in [6.07, 6.45) is 0. The van der Waals surface area contributed by atoms with E-state index in [0.29, 0.717) is 27.7 Å². The minimum absolute atomic E-state index is 0.0488. The molecule has 10 nitrogen and oxygen atoms in total. The molecule has 5 aromatic rings.